The molecule has 24 heavy (non-hydrogen) atoms. The van der Waals surface area contributed by atoms with Crippen molar-refractivity contribution in [1.29, 1.82) is 0 Å². The van der Waals surface area contributed by atoms with Crippen LogP contribution in [0.15, 0.2) is 18.2 Å². The van der Waals surface area contributed by atoms with Crippen molar-refractivity contribution in [1.82, 2.24) is 10.2 Å². The summed E-state index contributed by atoms with van der Waals surface area (Å²) in [6.07, 6.45) is 1.91. The van der Waals surface area contributed by atoms with E-state index >= 15 is 0 Å². The van der Waals surface area contributed by atoms with Crippen molar-refractivity contribution in [3.8, 4) is 0 Å². The number of piperidine rings is 1. The van der Waals surface area contributed by atoms with Crippen molar-refractivity contribution in [2.45, 2.75) is 45.8 Å². The lowest BCUT2D eigenvalue weighted by Gasteiger charge is -2.41. The van der Waals surface area contributed by atoms with E-state index in [1.54, 1.807) is 0 Å². The van der Waals surface area contributed by atoms with Gasteiger partial charge in [-0.15, -0.1) is 12.4 Å². The van der Waals surface area contributed by atoms with Gasteiger partial charge in [0.1, 0.15) is 6.10 Å². The number of benzene rings is 1. The van der Waals surface area contributed by atoms with Crippen molar-refractivity contribution in [2.75, 3.05) is 26.2 Å². The van der Waals surface area contributed by atoms with Crippen LogP contribution in [0.4, 0.5) is 0 Å². The Morgan fingerprint density at radius 2 is 1.96 bits per heavy atom. The summed E-state index contributed by atoms with van der Waals surface area (Å²) >= 11 is 0. The smallest absolute Gasteiger partial charge is 0.226 e. The minimum Gasteiger partial charge on any atom is -0.370 e. The number of nitrogens with zero attached hydrogens (tertiary/aromatic N) is 1. The monoisotopic (exact) mass is 352 g/mol. The third-order valence-electron chi connectivity index (χ3n) is 5.19. The van der Waals surface area contributed by atoms with Crippen LogP contribution in [0, 0.1) is 19.8 Å². The van der Waals surface area contributed by atoms with Gasteiger partial charge in [-0.1, -0.05) is 23.8 Å². The van der Waals surface area contributed by atoms with Crippen LogP contribution in [-0.2, 0) is 9.53 Å². The van der Waals surface area contributed by atoms with Crippen LogP contribution in [0.5, 0.6) is 0 Å². The Bertz CT molecular complexity index is 572. The number of carbonyl (C=O) groups is 1. The number of ether oxygens (including phenoxy) is 1. The van der Waals surface area contributed by atoms with Gasteiger partial charge < -0.3 is 15.0 Å². The fourth-order valence-electron chi connectivity index (χ4n) is 3.66. The third-order valence-corrected chi connectivity index (χ3v) is 5.19. The molecule has 2 unspecified atom stereocenters. The summed E-state index contributed by atoms with van der Waals surface area (Å²) in [6.45, 7) is 9.52. The number of carbonyl (C=O) groups excluding carboxylic acids is 1. The molecule has 1 aromatic carbocycles. The minimum absolute atomic E-state index is 0. The first kappa shape index (κ1) is 19.2. The molecule has 2 aliphatic heterocycles. The van der Waals surface area contributed by atoms with E-state index in [1.165, 1.54) is 16.7 Å². The lowest BCUT2D eigenvalue weighted by molar-refractivity contribution is -0.149. The molecule has 2 saturated heterocycles. The molecule has 1 amide bonds. The van der Waals surface area contributed by atoms with Crippen LogP contribution in [0.2, 0.25) is 0 Å². The van der Waals surface area contributed by atoms with E-state index in [0.717, 1.165) is 25.9 Å². The summed E-state index contributed by atoms with van der Waals surface area (Å²) < 4.78 is 6.07. The second-order valence-electron chi connectivity index (χ2n) is 7.05. The highest BCUT2D eigenvalue weighted by Gasteiger charge is 2.34. The number of nitrogens with one attached hydrogen (secondary N) is 1. The molecule has 5 heteroatoms. The van der Waals surface area contributed by atoms with E-state index in [9.17, 15) is 4.79 Å². The normalized spacial score (nSPS) is 25.2. The van der Waals surface area contributed by atoms with Crippen LogP contribution in [-0.4, -0.2) is 43.1 Å². The topological polar surface area (TPSA) is 41.6 Å². The van der Waals surface area contributed by atoms with E-state index in [2.05, 4.69) is 49.2 Å². The number of hydrogen-bond donors (Lipinski definition) is 1. The predicted octanol–water partition coefficient (Wildman–Crippen LogP) is 3.01. The van der Waals surface area contributed by atoms with Gasteiger partial charge in [0.2, 0.25) is 5.91 Å². The Morgan fingerprint density at radius 3 is 2.67 bits per heavy atom. The molecule has 0 aromatic heterocycles. The second kappa shape index (κ2) is 8.32. The lowest BCUT2D eigenvalue weighted by Crippen LogP contribution is -2.51. The van der Waals surface area contributed by atoms with Gasteiger partial charge in [0, 0.05) is 5.92 Å². The number of morpholine rings is 1. The highest BCUT2D eigenvalue weighted by molar-refractivity contribution is 5.85. The van der Waals surface area contributed by atoms with Gasteiger partial charge in [-0.25, -0.2) is 0 Å². The number of hydrogen-bond acceptors (Lipinski definition) is 3. The van der Waals surface area contributed by atoms with Gasteiger partial charge >= 0.3 is 0 Å². The summed E-state index contributed by atoms with van der Waals surface area (Å²) in [5.41, 5.74) is 3.70. The summed E-state index contributed by atoms with van der Waals surface area (Å²) in [6, 6.07) is 6.63. The molecule has 0 spiro atoms. The Balaban J connectivity index is 0.00000208. The Kier molecular flexibility index (Phi) is 6.67. The molecule has 2 atom stereocenters. The van der Waals surface area contributed by atoms with Crippen molar-refractivity contribution < 1.29 is 9.53 Å². The zero-order valence-corrected chi connectivity index (χ0v) is 15.7. The molecule has 1 N–H and O–H groups in total. The lowest BCUT2D eigenvalue weighted by atomic mass is 9.94. The Hall–Kier alpha value is -1.10. The average molecular weight is 353 g/mol. The first-order valence-corrected chi connectivity index (χ1v) is 8.76. The van der Waals surface area contributed by atoms with Crippen LogP contribution in [0.3, 0.4) is 0 Å². The molecule has 1 aromatic rings. The van der Waals surface area contributed by atoms with Crippen molar-refractivity contribution >= 4 is 18.3 Å². The highest BCUT2D eigenvalue weighted by Crippen LogP contribution is 2.29. The van der Waals surface area contributed by atoms with Gasteiger partial charge in [-0.2, -0.15) is 0 Å². The van der Waals surface area contributed by atoms with Crippen LogP contribution >= 0.6 is 12.4 Å². The number of amides is 1. The van der Waals surface area contributed by atoms with Crippen LogP contribution < -0.4 is 5.32 Å². The molecule has 2 heterocycles. The molecule has 134 valence electrons. The van der Waals surface area contributed by atoms with E-state index < -0.39 is 0 Å². The maximum absolute atomic E-state index is 12.9. The first-order chi connectivity index (χ1) is 11.1. The van der Waals surface area contributed by atoms with E-state index in [0.29, 0.717) is 19.1 Å². The zero-order chi connectivity index (χ0) is 16.4. The summed E-state index contributed by atoms with van der Waals surface area (Å²) in [4.78, 5) is 15.0. The third kappa shape index (κ3) is 4.11. The highest BCUT2D eigenvalue weighted by atomic mass is 35.5. The van der Waals surface area contributed by atoms with Crippen molar-refractivity contribution in [3.05, 3.63) is 34.9 Å². The molecule has 0 saturated carbocycles. The molecular formula is C19H29ClN2O2. The largest absolute Gasteiger partial charge is 0.370 e. The molecular weight excluding hydrogens is 324 g/mol. The maximum Gasteiger partial charge on any atom is 0.226 e. The number of rotatable bonds is 2. The van der Waals surface area contributed by atoms with Gasteiger partial charge in [-0.3, -0.25) is 4.79 Å². The number of halogens is 1. The Morgan fingerprint density at radius 1 is 1.25 bits per heavy atom. The summed E-state index contributed by atoms with van der Waals surface area (Å²) in [7, 11) is 0. The van der Waals surface area contributed by atoms with Crippen LogP contribution in [0.1, 0.15) is 42.6 Å². The predicted molar refractivity (Wildman–Crippen MR) is 98.6 cm³/mol. The van der Waals surface area contributed by atoms with Gasteiger partial charge in [0.25, 0.3) is 0 Å². The van der Waals surface area contributed by atoms with E-state index in [1.807, 2.05) is 0 Å². The maximum atomic E-state index is 12.9. The van der Waals surface area contributed by atoms with E-state index in [-0.39, 0.29) is 30.5 Å². The fourth-order valence-corrected chi connectivity index (χ4v) is 3.66. The summed E-state index contributed by atoms with van der Waals surface area (Å²) in [5, 5.41) is 3.34. The van der Waals surface area contributed by atoms with Gasteiger partial charge in [-0.05, 0) is 57.8 Å². The molecule has 0 aliphatic carbocycles. The molecule has 2 aliphatic rings. The zero-order valence-electron chi connectivity index (χ0n) is 14.9. The van der Waals surface area contributed by atoms with E-state index in [4.69, 9.17) is 4.74 Å². The minimum atomic E-state index is -0.00299. The molecule has 0 bridgehead atoms. The average Bonchev–Trinajstić information content (AvgIpc) is 2.58. The fraction of sp³-hybridized carbons (Fsp3) is 0.632. The van der Waals surface area contributed by atoms with Crippen molar-refractivity contribution in [2.24, 2.45) is 5.92 Å². The summed E-state index contributed by atoms with van der Waals surface area (Å²) in [5.74, 6) is 0.494. The van der Waals surface area contributed by atoms with Gasteiger partial charge in [0.15, 0.2) is 0 Å². The quantitative estimate of drug-likeness (QED) is 0.889. The van der Waals surface area contributed by atoms with Crippen molar-refractivity contribution in [3.63, 3.8) is 0 Å². The molecule has 3 rings (SSSR count). The Labute approximate surface area is 151 Å². The second-order valence-corrected chi connectivity index (χ2v) is 7.05. The molecule has 2 fully saturated rings. The standard InChI is InChI=1S/C19H28N2O2.ClH/c1-13-4-5-14(2)17(10-13)18-11-21(15(3)12-23-18)19(22)16-6-8-20-9-7-16;/h4-5,10,15-16,18,20H,6-9,11-12H2,1-3H3;1H. The molecule has 0 radical (unpaired) electrons. The number of aryl methyl sites for hydroxylation is 2. The van der Waals surface area contributed by atoms with Gasteiger partial charge in [0.05, 0.1) is 19.2 Å². The molecule has 4 nitrogen and oxygen atoms in total. The van der Waals surface area contributed by atoms with Crippen LogP contribution in [0.25, 0.3) is 0 Å². The first-order valence-electron chi connectivity index (χ1n) is 8.76. The SMILES string of the molecule is Cc1ccc(C)c(C2CN(C(=O)C3CCNCC3)C(C)CO2)c1.Cl.